The molecular weight excluding hydrogens is 310 g/mol. The van der Waals surface area contributed by atoms with Gasteiger partial charge in [0.15, 0.2) is 0 Å². The van der Waals surface area contributed by atoms with Crippen LogP contribution in [-0.2, 0) is 4.79 Å². The molecule has 0 spiro atoms. The zero-order valence-electron chi connectivity index (χ0n) is 13.6. The van der Waals surface area contributed by atoms with Crippen molar-refractivity contribution in [2.24, 2.45) is 0 Å². The number of rotatable bonds is 2. The standard InChI is InChI=1S/C21H17N3O/c25-20-12-15(21-22-17-9-3-4-10-18(17)23-21)13-24(20)19-11-5-7-14-6-1-2-8-16(14)19/h1-11,15H,12-13H2,(H,22,23)/t15-/m1/s1. The second kappa shape index (κ2) is 5.45. The van der Waals surface area contributed by atoms with Gasteiger partial charge in [-0.2, -0.15) is 0 Å². The summed E-state index contributed by atoms with van der Waals surface area (Å²) < 4.78 is 0. The van der Waals surface area contributed by atoms with Gasteiger partial charge in [-0.15, -0.1) is 0 Å². The van der Waals surface area contributed by atoms with Crippen LogP contribution in [0.4, 0.5) is 5.69 Å². The predicted octanol–water partition coefficient (Wildman–Crippen LogP) is 4.24. The summed E-state index contributed by atoms with van der Waals surface area (Å²) in [4.78, 5) is 22.7. The van der Waals surface area contributed by atoms with Crippen molar-refractivity contribution in [3.8, 4) is 0 Å². The van der Waals surface area contributed by atoms with Crippen LogP contribution < -0.4 is 4.90 Å². The fourth-order valence-electron chi connectivity index (χ4n) is 3.73. The molecule has 5 rings (SSSR count). The van der Waals surface area contributed by atoms with Gasteiger partial charge in [-0.05, 0) is 23.6 Å². The number of hydrogen-bond acceptors (Lipinski definition) is 2. The molecule has 25 heavy (non-hydrogen) atoms. The number of amides is 1. The molecule has 4 heteroatoms. The van der Waals surface area contributed by atoms with E-state index < -0.39 is 0 Å². The number of carbonyl (C=O) groups excluding carboxylic acids is 1. The number of para-hydroxylation sites is 2. The molecule has 1 aliphatic rings. The van der Waals surface area contributed by atoms with Gasteiger partial charge in [0.05, 0.1) is 16.7 Å². The number of nitrogens with one attached hydrogen (secondary N) is 1. The van der Waals surface area contributed by atoms with E-state index in [1.807, 2.05) is 53.4 Å². The summed E-state index contributed by atoms with van der Waals surface area (Å²) in [6.07, 6.45) is 0.489. The topological polar surface area (TPSA) is 49.0 Å². The highest BCUT2D eigenvalue weighted by Gasteiger charge is 2.34. The lowest BCUT2D eigenvalue weighted by atomic mass is 10.1. The lowest BCUT2D eigenvalue weighted by Gasteiger charge is -2.18. The number of anilines is 1. The maximum atomic E-state index is 12.7. The van der Waals surface area contributed by atoms with Crippen LogP contribution in [0.5, 0.6) is 0 Å². The molecule has 4 aromatic rings. The van der Waals surface area contributed by atoms with E-state index in [4.69, 9.17) is 0 Å². The number of benzene rings is 3. The van der Waals surface area contributed by atoms with E-state index in [1.54, 1.807) is 0 Å². The molecule has 1 N–H and O–H groups in total. The Hall–Kier alpha value is -3.14. The molecule has 1 aliphatic heterocycles. The smallest absolute Gasteiger partial charge is 0.227 e. The van der Waals surface area contributed by atoms with Gasteiger partial charge in [0.1, 0.15) is 5.82 Å². The Morgan fingerprint density at radius 2 is 1.76 bits per heavy atom. The zero-order valence-corrected chi connectivity index (χ0v) is 13.6. The van der Waals surface area contributed by atoms with E-state index in [0.717, 1.165) is 33.3 Å². The molecule has 0 saturated carbocycles. The van der Waals surface area contributed by atoms with Crippen molar-refractivity contribution in [2.45, 2.75) is 12.3 Å². The number of hydrogen-bond donors (Lipinski definition) is 1. The second-order valence-electron chi connectivity index (χ2n) is 6.54. The second-order valence-corrected chi connectivity index (χ2v) is 6.54. The summed E-state index contributed by atoms with van der Waals surface area (Å²) in [6, 6.07) is 22.3. The Balaban J connectivity index is 1.53. The van der Waals surface area contributed by atoms with Gasteiger partial charge in [0.25, 0.3) is 0 Å². The first-order chi connectivity index (χ1) is 12.3. The molecule has 0 radical (unpaired) electrons. The number of fused-ring (bicyclic) bond motifs is 2. The van der Waals surface area contributed by atoms with Crippen LogP contribution in [0.2, 0.25) is 0 Å². The first-order valence-electron chi connectivity index (χ1n) is 8.52. The molecule has 122 valence electrons. The fourth-order valence-corrected chi connectivity index (χ4v) is 3.73. The largest absolute Gasteiger partial charge is 0.342 e. The van der Waals surface area contributed by atoms with Gasteiger partial charge >= 0.3 is 0 Å². The molecule has 0 unspecified atom stereocenters. The normalized spacial score (nSPS) is 17.7. The highest BCUT2D eigenvalue weighted by Crippen LogP contribution is 2.35. The fraction of sp³-hybridized carbons (Fsp3) is 0.143. The maximum Gasteiger partial charge on any atom is 0.227 e. The molecule has 1 amide bonds. The number of nitrogens with zero attached hydrogens (tertiary/aromatic N) is 2. The van der Waals surface area contributed by atoms with Crippen LogP contribution in [0.3, 0.4) is 0 Å². The molecule has 2 heterocycles. The van der Waals surface area contributed by atoms with Crippen molar-refractivity contribution in [1.82, 2.24) is 9.97 Å². The predicted molar refractivity (Wildman–Crippen MR) is 99.8 cm³/mol. The third kappa shape index (κ3) is 2.30. The summed E-state index contributed by atoms with van der Waals surface area (Å²) in [6.45, 7) is 0.659. The van der Waals surface area contributed by atoms with E-state index in [9.17, 15) is 4.79 Å². The molecule has 3 aromatic carbocycles. The van der Waals surface area contributed by atoms with Gasteiger partial charge in [-0.3, -0.25) is 4.79 Å². The van der Waals surface area contributed by atoms with Gasteiger partial charge < -0.3 is 9.88 Å². The molecular formula is C21H17N3O. The SMILES string of the molecule is O=C1C[C@@H](c2nc3ccccc3[nH]2)CN1c1cccc2ccccc12. The number of H-pyrrole nitrogens is 1. The van der Waals surface area contributed by atoms with Gasteiger partial charge in [0.2, 0.25) is 5.91 Å². The van der Waals surface area contributed by atoms with Crippen molar-refractivity contribution >= 4 is 33.4 Å². The van der Waals surface area contributed by atoms with Gasteiger partial charge in [-0.25, -0.2) is 4.98 Å². The molecule has 0 aliphatic carbocycles. The van der Waals surface area contributed by atoms with E-state index in [-0.39, 0.29) is 11.8 Å². The van der Waals surface area contributed by atoms with Crippen LogP contribution in [0.1, 0.15) is 18.2 Å². The third-order valence-electron chi connectivity index (χ3n) is 4.98. The Labute approximate surface area is 145 Å². The minimum absolute atomic E-state index is 0.0962. The first-order valence-corrected chi connectivity index (χ1v) is 8.52. The lowest BCUT2D eigenvalue weighted by molar-refractivity contribution is -0.117. The van der Waals surface area contributed by atoms with Crippen LogP contribution >= 0.6 is 0 Å². The van der Waals surface area contributed by atoms with Crippen LogP contribution in [-0.4, -0.2) is 22.4 Å². The van der Waals surface area contributed by atoms with E-state index in [2.05, 4.69) is 28.2 Å². The lowest BCUT2D eigenvalue weighted by Crippen LogP contribution is -2.24. The van der Waals surface area contributed by atoms with E-state index in [1.165, 1.54) is 0 Å². The van der Waals surface area contributed by atoms with Crippen LogP contribution in [0, 0.1) is 0 Å². The van der Waals surface area contributed by atoms with E-state index in [0.29, 0.717) is 13.0 Å². The van der Waals surface area contributed by atoms with Crippen LogP contribution in [0.15, 0.2) is 66.7 Å². The molecule has 1 atom stereocenters. The van der Waals surface area contributed by atoms with Crippen LogP contribution in [0.25, 0.3) is 21.8 Å². The monoisotopic (exact) mass is 327 g/mol. The molecule has 1 saturated heterocycles. The number of imidazole rings is 1. The Morgan fingerprint density at radius 3 is 2.68 bits per heavy atom. The minimum Gasteiger partial charge on any atom is -0.342 e. The van der Waals surface area contributed by atoms with Gasteiger partial charge in [-0.1, -0.05) is 48.5 Å². The quantitative estimate of drug-likeness (QED) is 0.599. The molecule has 1 aromatic heterocycles. The molecule has 4 nitrogen and oxygen atoms in total. The number of carbonyl (C=O) groups is 1. The number of aromatic amines is 1. The third-order valence-corrected chi connectivity index (χ3v) is 4.98. The zero-order chi connectivity index (χ0) is 16.8. The van der Waals surface area contributed by atoms with Crippen molar-refractivity contribution in [2.75, 3.05) is 11.4 Å². The van der Waals surface area contributed by atoms with Crippen molar-refractivity contribution in [1.29, 1.82) is 0 Å². The summed E-state index contributed by atoms with van der Waals surface area (Å²) in [5, 5.41) is 2.27. The Morgan fingerprint density at radius 1 is 0.960 bits per heavy atom. The average molecular weight is 327 g/mol. The Bertz CT molecular complexity index is 1060. The maximum absolute atomic E-state index is 12.7. The summed E-state index contributed by atoms with van der Waals surface area (Å²) in [5.74, 6) is 1.15. The van der Waals surface area contributed by atoms with Crippen molar-refractivity contribution in [3.63, 3.8) is 0 Å². The summed E-state index contributed by atoms with van der Waals surface area (Å²) in [7, 11) is 0. The Kier molecular flexibility index (Phi) is 3.10. The average Bonchev–Trinajstić information content (AvgIpc) is 3.24. The summed E-state index contributed by atoms with van der Waals surface area (Å²) >= 11 is 0. The van der Waals surface area contributed by atoms with Crippen molar-refractivity contribution in [3.05, 3.63) is 72.6 Å². The summed E-state index contributed by atoms with van der Waals surface area (Å²) in [5.41, 5.74) is 2.96. The molecule has 1 fully saturated rings. The first kappa shape index (κ1) is 14.2. The molecule has 0 bridgehead atoms. The highest BCUT2D eigenvalue weighted by atomic mass is 16.2. The van der Waals surface area contributed by atoms with E-state index >= 15 is 0 Å². The highest BCUT2D eigenvalue weighted by molar-refractivity contribution is 6.05. The van der Waals surface area contributed by atoms with Gasteiger partial charge in [0, 0.05) is 24.3 Å². The number of aromatic nitrogens is 2. The minimum atomic E-state index is 0.0962. The van der Waals surface area contributed by atoms with Crippen molar-refractivity contribution < 1.29 is 4.79 Å².